The molecule has 0 saturated heterocycles. The summed E-state index contributed by atoms with van der Waals surface area (Å²) in [6.07, 6.45) is 0. The predicted octanol–water partition coefficient (Wildman–Crippen LogP) is 3.46. The second-order valence-corrected chi connectivity index (χ2v) is 8.69. The van der Waals surface area contributed by atoms with Crippen LogP contribution in [0.2, 0.25) is 5.02 Å². The number of benzene rings is 2. The lowest BCUT2D eigenvalue weighted by Gasteiger charge is -2.13. The Morgan fingerprint density at radius 2 is 1.57 bits per heavy atom. The maximum Gasteiger partial charge on any atom is 0.242 e. The van der Waals surface area contributed by atoms with E-state index >= 15 is 0 Å². The van der Waals surface area contributed by atoms with E-state index < -0.39 is 10.0 Å². The molecule has 154 valence electrons. The number of aliphatic imine (C=N–C) groups is 1. The summed E-state index contributed by atoms with van der Waals surface area (Å²) in [6, 6.07) is 14.4. The number of rotatable bonds is 7. The molecule has 9 heteroatoms. The highest BCUT2D eigenvalue weighted by Crippen LogP contribution is 2.14. The Labute approximate surface area is 189 Å². The van der Waals surface area contributed by atoms with Crippen molar-refractivity contribution < 1.29 is 8.42 Å². The van der Waals surface area contributed by atoms with Crippen molar-refractivity contribution >= 4 is 51.6 Å². The first-order valence-electron chi connectivity index (χ1n) is 8.61. The van der Waals surface area contributed by atoms with Crippen LogP contribution in [0, 0.1) is 0 Å². The summed E-state index contributed by atoms with van der Waals surface area (Å²) in [5.41, 5.74) is 2.03. The van der Waals surface area contributed by atoms with Crippen LogP contribution in [0.25, 0.3) is 0 Å². The van der Waals surface area contributed by atoms with Crippen molar-refractivity contribution in [1.29, 1.82) is 0 Å². The fourth-order valence-electron chi connectivity index (χ4n) is 2.28. The Bertz CT molecular complexity index is 870. The van der Waals surface area contributed by atoms with E-state index in [-0.39, 0.29) is 28.9 Å². The fourth-order valence-corrected chi connectivity index (χ4v) is 3.31. The summed E-state index contributed by atoms with van der Waals surface area (Å²) in [5, 5.41) is 7.15. The van der Waals surface area contributed by atoms with E-state index in [1.807, 2.05) is 31.2 Å². The second-order valence-electron chi connectivity index (χ2n) is 6.11. The van der Waals surface area contributed by atoms with Gasteiger partial charge in [0, 0.05) is 32.2 Å². The number of guanidine groups is 1. The molecule has 2 rings (SSSR count). The molecular formula is C19H26ClIN4O2S. The zero-order chi connectivity index (χ0) is 19.9. The molecule has 0 aromatic heterocycles. The predicted molar refractivity (Wildman–Crippen MR) is 126 cm³/mol. The van der Waals surface area contributed by atoms with Gasteiger partial charge in [-0.3, -0.25) is 0 Å². The molecule has 6 nitrogen and oxygen atoms in total. The van der Waals surface area contributed by atoms with E-state index in [0.717, 1.165) is 17.7 Å². The van der Waals surface area contributed by atoms with Gasteiger partial charge in [0.2, 0.25) is 10.0 Å². The smallest absolute Gasteiger partial charge is 0.242 e. The molecule has 2 aromatic rings. The highest BCUT2D eigenvalue weighted by molar-refractivity contribution is 14.0. The van der Waals surface area contributed by atoms with Gasteiger partial charge in [-0.05, 0) is 42.3 Å². The Balaban J connectivity index is 0.00000392. The summed E-state index contributed by atoms with van der Waals surface area (Å²) >= 11 is 5.90. The van der Waals surface area contributed by atoms with Crippen molar-refractivity contribution in [2.75, 3.05) is 20.6 Å². The molecule has 0 amide bonds. The van der Waals surface area contributed by atoms with Crippen LogP contribution in [0.4, 0.5) is 0 Å². The molecule has 0 unspecified atom stereocenters. The standard InChI is InChI=1S/C19H25ClN4O2S.HI/c1-4-21-19(22-13-15-5-9-17(20)10-6-15)23-14-16-7-11-18(12-8-16)27(25,26)24(2)3;/h5-12H,4,13-14H2,1-3H3,(H2,21,22,23);1H. The Hall–Kier alpha value is -1.36. The van der Waals surface area contributed by atoms with Gasteiger partial charge in [-0.1, -0.05) is 35.9 Å². The van der Waals surface area contributed by atoms with Crippen LogP contribution in [0.3, 0.4) is 0 Å². The van der Waals surface area contributed by atoms with Gasteiger partial charge in [-0.15, -0.1) is 24.0 Å². The lowest BCUT2D eigenvalue weighted by Crippen LogP contribution is -2.36. The summed E-state index contributed by atoms with van der Waals surface area (Å²) < 4.78 is 25.4. The van der Waals surface area contributed by atoms with Gasteiger partial charge in [0.25, 0.3) is 0 Å². The highest BCUT2D eigenvalue weighted by Gasteiger charge is 2.16. The third-order valence-electron chi connectivity index (χ3n) is 3.84. The molecule has 0 saturated carbocycles. The molecular weight excluding hydrogens is 511 g/mol. The largest absolute Gasteiger partial charge is 0.357 e. The molecule has 0 aliphatic carbocycles. The van der Waals surface area contributed by atoms with Crippen LogP contribution in [0.5, 0.6) is 0 Å². The molecule has 0 aliphatic rings. The van der Waals surface area contributed by atoms with Gasteiger partial charge >= 0.3 is 0 Å². The second kappa shape index (κ2) is 11.6. The Morgan fingerprint density at radius 1 is 1.00 bits per heavy atom. The molecule has 2 aromatic carbocycles. The SMILES string of the molecule is CCNC(=NCc1ccc(Cl)cc1)NCc1ccc(S(=O)(=O)N(C)C)cc1.I. The van der Waals surface area contributed by atoms with Gasteiger partial charge in [-0.2, -0.15) is 0 Å². The maximum absolute atomic E-state index is 12.1. The number of hydrogen-bond acceptors (Lipinski definition) is 3. The number of nitrogens with one attached hydrogen (secondary N) is 2. The molecule has 0 spiro atoms. The van der Waals surface area contributed by atoms with Crippen molar-refractivity contribution in [3.05, 3.63) is 64.7 Å². The highest BCUT2D eigenvalue weighted by atomic mass is 127. The number of halogens is 2. The maximum atomic E-state index is 12.1. The molecule has 28 heavy (non-hydrogen) atoms. The fraction of sp³-hybridized carbons (Fsp3) is 0.316. The molecule has 2 N–H and O–H groups in total. The van der Waals surface area contributed by atoms with E-state index in [0.29, 0.717) is 24.1 Å². The summed E-state index contributed by atoms with van der Waals surface area (Å²) in [7, 11) is -0.371. The van der Waals surface area contributed by atoms with Gasteiger partial charge in [0.15, 0.2) is 5.96 Å². The average molecular weight is 537 g/mol. The minimum atomic E-state index is -3.41. The molecule has 0 fully saturated rings. The molecule has 0 radical (unpaired) electrons. The lowest BCUT2D eigenvalue weighted by molar-refractivity contribution is 0.520. The lowest BCUT2D eigenvalue weighted by atomic mass is 10.2. The number of nitrogens with zero attached hydrogens (tertiary/aromatic N) is 2. The molecule has 0 heterocycles. The van der Waals surface area contributed by atoms with E-state index in [1.165, 1.54) is 18.4 Å². The Kier molecular flexibility index (Phi) is 10.2. The van der Waals surface area contributed by atoms with Crippen molar-refractivity contribution in [1.82, 2.24) is 14.9 Å². The minimum Gasteiger partial charge on any atom is -0.357 e. The van der Waals surface area contributed by atoms with E-state index in [2.05, 4.69) is 15.6 Å². The summed E-state index contributed by atoms with van der Waals surface area (Å²) in [5.74, 6) is 0.692. The molecule has 0 aliphatic heterocycles. The van der Waals surface area contributed by atoms with E-state index in [1.54, 1.807) is 24.3 Å². The van der Waals surface area contributed by atoms with E-state index in [4.69, 9.17) is 11.6 Å². The quantitative estimate of drug-likeness (QED) is 0.323. The first-order chi connectivity index (χ1) is 12.8. The zero-order valence-corrected chi connectivity index (χ0v) is 20.0. The molecule has 0 bridgehead atoms. The van der Waals surface area contributed by atoms with Crippen molar-refractivity contribution in [2.24, 2.45) is 4.99 Å². The average Bonchev–Trinajstić information content (AvgIpc) is 2.65. The van der Waals surface area contributed by atoms with Crippen LogP contribution in [0.1, 0.15) is 18.1 Å². The van der Waals surface area contributed by atoms with Crippen LogP contribution >= 0.6 is 35.6 Å². The minimum absolute atomic E-state index is 0. The van der Waals surface area contributed by atoms with Crippen LogP contribution in [0.15, 0.2) is 58.4 Å². The van der Waals surface area contributed by atoms with Crippen LogP contribution in [-0.4, -0.2) is 39.3 Å². The summed E-state index contributed by atoms with van der Waals surface area (Å²) in [6.45, 7) is 3.81. The van der Waals surface area contributed by atoms with E-state index in [9.17, 15) is 8.42 Å². The Morgan fingerprint density at radius 3 is 2.11 bits per heavy atom. The third-order valence-corrected chi connectivity index (χ3v) is 5.92. The zero-order valence-electron chi connectivity index (χ0n) is 16.1. The monoisotopic (exact) mass is 536 g/mol. The number of hydrogen-bond donors (Lipinski definition) is 2. The third kappa shape index (κ3) is 7.23. The van der Waals surface area contributed by atoms with Gasteiger partial charge in [0.05, 0.1) is 11.4 Å². The normalized spacial score (nSPS) is 11.8. The topological polar surface area (TPSA) is 73.8 Å². The first kappa shape index (κ1) is 24.7. The van der Waals surface area contributed by atoms with Crippen LogP contribution < -0.4 is 10.6 Å². The van der Waals surface area contributed by atoms with Crippen molar-refractivity contribution in [3.63, 3.8) is 0 Å². The van der Waals surface area contributed by atoms with Gasteiger partial charge < -0.3 is 10.6 Å². The van der Waals surface area contributed by atoms with Crippen molar-refractivity contribution in [3.8, 4) is 0 Å². The molecule has 0 atom stereocenters. The van der Waals surface area contributed by atoms with Crippen LogP contribution in [-0.2, 0) is 23.1 Å². The first-order valence-corrected chi connectivity index (χ1v) is 10.4. The van der Waals surface area contributed by atoms with Gasteiger partial charge in [0.1, 0.15) is 0 Å². The summed E-state index contributed by atoms with van der Waals surface area (Å²) in [4.78, 5) is 4.83. The van der Waals surface area contributed by atoms with Gasteiger partial charge in [-0.25, -0.2) is 17.7 Å². The number of sulfonamides is 1. The van der Waals surface area contributed by atoms with Crippen molar-refractivity contribution in [2.45, 2.75) is 24.9 Å².